The molecule has 2 aliphatic heterocycles. The zero-order valence-electron chi connectivity index (χ0n) is 35.3. The Balaban J connectivity index is 2.30. The zero-order chi connectivity index (χ0) is 44.8. The van der Waals surface area contributed by atoms with Gasteiger partial charge in [-0.15, -0.1) is 0 Å². The number of carbonyl (C=O) groups is 4. The van der Waals surface area contributed by atoms with Gasteiger partial charge in [0.05, 0.1) is 104 Å². The van der Waals surface area contributed by atoms with Crippen LogP contribution in [0.1, 0.15) is 70.4 Å². The fourth-order valence-electron chi connectivity index (χ4n) is 7.31. The van der Waals surface area contributed by atoms with Gasteiger partial charge in [0.25, 0.3) is 5.69 Å². The van der Waals surface area contributed by atoms with E-state index in [2.05, 4.69) is 0 Å². The summed E-state index contributed by atoms with van der Waals surface area (Å²) in [6.45, 7) is 7.73. The molecular weight excluding hydrogens is 814 g/mol. The van der Waals surface area contributed by atoms with Crippen LogP contribution in [0.3, 0.4) is 0 Å². The molecule has 2 aromatic carbocycles. The number of nitrogens with two attached hydrogens (primary N) is 2. The molecule has 2 unspecified atom stereocenters. The van der Waals surface area contributed by atoms with E-state index in [0.29, 0.717) is 18.4 Å². The van der Waals surface area contributed by atoms with Crippen molar-refractivity contribution in [2.24, 2.45) is 11.5 Å². The topological polar surface area (TPSA) is 225 Å². The maximum atomic E-state index is 14.6. The third kappa shape index (κ3) is 10.7. The van der Waals surface area contributed by atoms with Crippen LogP contribution in [-0.2, 0) is 47.6 Å². The van der Waals surface area contributed by atoms with Crippen molar-refractivity contribution in [2.45, 2.75) is 59.3 Å². The molecule has 2 heterocycles. The second-order valence-corrected chi connectivity index (χ2v) is 14.1. The van der Waals surface area contributed by atoms with E-state index in [1.165, 1.54) is 35.3 Å². The van der Waals surface area contributed by atoms with Crippen LogP contribution in [0.25, 0.3) is 0 Å². The predicted octanol–water partition coefficient (Wildman–Crippen LogP) is 5.31. The fraction of sp³-hybridized carbons (Fsp3) is 0.442. The number of ether oxygens (including phenoxy) is 6. The third-order valence-electron chi connectivity index (χ3n) is 9.88. The molecule has 4 rings (SSSR count). The van der Waals surface area contributed by atoms with Crippen molar-refractivity contribution in [3.05, 3.63) is 120 Å². The van der Waals surface area contributed by atoms with Crippen molar-refractivity contribution < 1.29 is 52.5 Å². The average molecular weight is 868 g/mol. The molecule has 0 saturated heterocycles. The molecule has 2 atom stereocenters. The minimum absolute atomic E-state index is 0.0107. The van der Waals surface area contributed by atoms with Gasteiger partial charge < -0.3 is 39.9 Å². The Morgan fingerprint density at radius 1 is 0.721 bits per heavy atom. The van der Waals surface area contributed by atoms with Gasteiger partial charge in [0.2, 0.25) is 0 Å². The number of unbranched alkanes of at least 4 members (excludes halogenated alkanes) is 1. The Morgan fingerprint density at radius 3 is 1.74 bits per heavy atom. The van der Waals surface area contributed by atoms with Crippen LogP contribution in [-0.4, -0.2) is 105 Å². The van der Waals surface area contributed by atoms with E-state index in [1.807, 2.05) is 6.92 Å². The first-order valence-corrected chi connectivity index (χ1v) is 20.3. The number of methoxy groups -OCH3 is 1. The minimum atomic E-state index is -1.31. The predicted molar refractivity (Wildman–Crippen MR) is 224 cm³/mol. The number of hydrogen-bond donors (Lipinski definition) is 2. The Labute approximate surface area is 359 Å². The number of nitro groups is 1. The van der Waals surface area contributed by atoms with E-state index >= 15 is 0 Å². The molecule has 0 spiro atoms. The lowest BCUT2D eigenvalue weighted by molar-refractivity contribution is -0.384. The molecule has 2 aromatic rings. The molecule has 0 bridgehead atoms. The van der Waals surface area contributed by atoms with Crippen molar-refractivity contribution >= 4 is 41.2 Å². The largest absolute Gasteiger partial charge is 0.466 e. The highest BCUT2D eigenvalue weighted by Gasteiger charge is 2.49. The smallest absolute Gasteiger partial charge is 0.336 e. The second-order valence-electron chi connectivity index (χ2n) is 13.7. The number of nitrogens with zero attached hydrogens (tertiary/aromatic N) is 3. The van der Waals surface area contributed by atoms with Crippen LogP contribution in [0.15, 0.2) is 93.6 Å². The monoisotopic (exact) mass is 867 g/mol. The summed E-state index contributed by atoms with van der Waals surface area (Å²) in [6.07, 6.45) is 1.20. The summed E-state index contributed by atoms with van der Waals surface area (Å²) in [4.78, 5) is 69.5. The van der Waals surface area contributed by atoms with Crippen molar-refractivity contribution in [1.82, 2.24) is 10.0 Å². The molecule has 0 saturated carbocycles. The number of rotatable bonds is 21. The molecule has 4 N–H and O–H groups in total. The Morgan fingerprint density at radius 2 is 1.25 bits per heavy atom. The van der Waals surface area contributed by atoms with E-state index in [4.69, 9.17) is 51.5 Å². The minimum Gasteiger partial charge on any atom is -0.466 e. The molecule has 330 valence electrons. The molecule has 0 amide bonds. The number of benzene rings is 2. The zero-order valence-corrected chi connectivity index (χ0v) is 36.1. The summed E-state index contributed by atoms with van der Waals surface area (Å²) in [5.74, 6) is -5.88. The lowest BCUT2D eigenvalue weighted by Crippen LogP contribution is -2.50. The van der Waals surface area contributed by atoms with Crippen molar-refractivity contribution in [2.75, 3.05) is 66.4 Å². The maximum absolute atomic E-state index is 14.6. The van der Waals surface area contributed by atoms with Gasteiger partial charge in [-0.2, -0.15) is 0 Å². The van der Waals surface area contributed by atoms with E-state index in [9.17, 15) is 29.3 Å². The number of hydrazine groups is 1. The fourth-order valence-corrected chi connectivity index (χ4v) is 7.56. The van der Waals surface area contributed by atoms with Crippen LogP contribution < -0.4 is 11.5 Å². The third-order valence-corrected chi connectivity index (χ3v) is 10.2. The number of non-ortho nitro benzene ring substituents is 1. The lowest BCUT2D eigenvalue weighted by Gasteiger charge is -2.49. The molecule has 2 aliphatic rings. The highest BCUT2D eigenvalue weighted by Crippen LogP contribution is 2.50. The number of allylic oxidation sites excluding steroid dienone is 2. The van der Waals surface area contributed by atoms with Crippen LogP contribution in [0.5, 0.6) is 0 Å². The molecule has 18 heteroatoms. The van der Waals surface area contributed by atoms with Gasteiger partial charge in [0.15, 0.2) is 0 Å². The highest BCUT2D eigenvalue weighted by molar-refractivity contribution is 6.31. The van der Waals surface area contributed by atoms with E-state index in [0.717, 1.165) is 0 Å². The van der Waals surface area contributed by atoms with Gasteiger partial charge in [-0.3, -0.25) is 20.1 Å². The SMILES string of the molecule is CCCCOC(=O)C1=C(C)N(N2C(C)=C(C(=O)OC)C(c3ccccc3Cl)C(C(=O)OCC)=C2COCCN)C(COCCN)=C(C(=O)OCC)C1c1cccc([N+](=O)[O-])c1. The van der Waals surface area contributed by atoms with Crippen LogP contribution in [0.4, 0.5) is 5.69 Å². The van der Waals surface area contributed by atoms with E-state index < -0.39 is 40.6 Å². The summed E-state index contributed by atoms with van der Waals surface area (Å²) < 4.78 is 34.7. The van der Waals surface area contributed by atoms with Gasteiger partial charge in [0, 0.05) is 41.6 Å². The Kier molecular flexibility index (Phi) is 18.0. The first-order valence-electron chi connectivity index (χ1n) is 20.0. The maximum Gasteiger partial charge on any atom is 0.336 e. The molecule has 0 aliphatic carbocycles. The second kappa shape index (κ2) is 22.9. The van der Waals surface area contributed by atoms with Crippen molar-refractivity contribution in [3.8, 4) is 0 Å². The molecular formula is C43H54ClN5O12. The quantitative estimate of drug-likeness (QED) is 0.0533. The summed E-state index contributed by atoms with van der Waals surface area (Å²) in [5, 5.41) is 15.3. The highest BCUT2D eigenvalue weighted by atomic mass is 35.5. The van der Waals surface area contributed by atoms with Crippen molar-refractivity contribution in [1.29, 1.82) is 0 Å². The summed E-state index contributed by atoms with van der Waals surface area (Å²) in [7, 11) is 1.19. The molecule has 17 nitrogen and oxygen atoms in total. The standard InChI is InChI=1S/C43H54ClN5O12/c1-7-10-20-61-41(51)34-26(4)47(32(24-57-21-18-45)38(42(52)59-8-2)36(34)28-14-13-15-29(23-28)49(54)55)48-27(5)35(40(50)56-6)37(30-16-11-12-17-31(30)44)39(43(53)60-9-3)33(48)25-58-22-19-46/h11-17,23,36-37H,7-10,18-22,24-25,45-46H2,1-6H3. The van der Waals surface area contributed by atoms with Crippen LogP contribution in [0, 0.1) is 10.1 Å². The summed E-state index contributed by atoms with van der Waals surface area (Å²) in [5.41, 5.74) is 12.2. The Hall–Kier alpha value is -5.59. The van der Waals surface area contributed by atoms with E-state index in [1.54, 1.807) is 58.0 Å². The Bertz CT molecular complexity index is 2100. The number of halogens is 1. The lowest BCUT2D eigenvalue weighted by atomic mass is 9.78. The summed E-state index contributed by atoms with van der Waals surface area (Å²) in [6, 6.07) is 12.2. The number of esters is 4. The van der Waals surface area contributed by atoms with Gasteiger partial charge in [-0.25, -0.2) is 19.2 Å². The normalized spacial score (nSPS) is 16.9. The van der Waals surface area contributed by atoms with Gasteiger partial charge >= 0.3 is 23.9 Å². The van der Waals surface area contributed by atoms with Gasteiger partial charge in [-0.05, 0) is 51.3 Å². The van der Waals surface area contributed by atoms with Crippen LogP contribution in [0.2, 0.25) is 5.02 Å². The average Bonchev–Trinajstić information content (AvgIpc) is 3.24. The number of hydrogen-bond acceptors (Lipinski definition) is 16. The van der Waals surface area contributed by atoms with E-state index in [-0.39, 0.29) is 121 Å². The first kappa shape index (κ1) is 48.1. The summed E-state index contributed by atoms with van der Waals surface area (Å²) >= 11 is 6.83. The van der Waals surface area contributed by atoms with Gasteiger partial charge in [0.1, 0.15) is 0 Å². The molecule has 61 heavy (non-hydrogen) atoms. The number of carbonyl (C=O) groups excluding carboxylic acids is 4. The first-order chi connectivity index (χ1) is 29.3. The molecule has 0 aromatic heterocycles. The number of nitro benzene ring substituents is 1. The molecule has 0 fully saturated rings. The van der Waals surface area contributed by atoms with Crippen molar-refractivity contribution in [3.63, 3.8) is 0 Å². The molecule has 0 radical (unpaired) electrons. The van der Waals surface area contributed by atoms with Crippen LogP contribution >= 0.6 is 11.6 Å². The van der Waals surface area contributed by atoms with Gasteiger partial charge in [-0.1, -0.05) is 55.3 Å².